The number of rotatable bonds is 6. The molecule has 0 aromatic heterocycles. The molecule has 0 aliphatic rings. The maximum atomic E-state index is 10.4. The van der Waals surface area contributed by atoms with E-state index in [1.807, 2.05) is 37.3 Å². The van der Waals surface area contributed by atoms with Crippen LogP contribution in [-0.4, -0.2) is 12.6 Å². The van der Waals surface area contributed by atoms with Crippen LogP contribution in [0.2, 0.25) is 0 Å². The van der Waals surface area contributed by atoms with E-state index in [0.717, 1.165) is 12.8 Å². The Kier molecular flexibility index (Phi) is 8.86. The van der Waals surface area contributed by atoms with E-state index < -0.39 is 0 Å². The van der Waals surface area contributed by atoms with Crippen LogP contribution in [0.15, 0.2) is 36.5 Å². The van der Waals surface area contributed by atoms with Gasteiger partial charge >= 0.3 is 5.97 Å². The van der Waals surface area contributed by atoms with Crippen LogP contribution in [0.5, 0.6) is 0 Å². The normalized spacial score (nSPS) is 11.9. The summed E-state index contributed by atoms with van der Waals surface area (Å²) in [5.41, 5.74) is 0. The predicted octanol–water partition coefficient (Wildman–Crippen LogP) is 3.02. The molecular weight excluding hydrogens is 176 g/mol. The van der Waals surface area contributed by atoms with Crippen molar-refractivity contribution in [1.29, 1.82) is 0 Å². The van der Waals surface area contributed by atoms with Gasteiger partial charge in [0.25, 0.3) is 0 Å². The molecule has 0 aliphatic carbocycles. The van der Waals surface area contributed by atoms with E-state index in [2.05, 4.69) is 6.08 Å². The van der Waals surface area contributed by atoms with Gasteiger partial charge in [-0.25, -0.2) is 0 Å². The van der Waals surface area contributed by atoms with Gasteiger partial charge in [0.05, 0.1) is 6.61 Å². The quantitative estimate of drug-likeness (QED) is 0.369. The van der Waals surface area contributed by atoms with Crippen molar-refractivity contribution in [2.45, 2.75) is 26.7 Å². The third kappa shape index (κ3) is 10.7. The number of unbranched alkanes of at least 4 members (excludes halogenated alkanes) is 1. The summed E-state index contributed by atoms with van der Waals surface area (Å²) in [5, 5.41) is 0. The fourth-order valence-electron chi connectivity index (χ4n) is 0.831. The largest absolute Gasteiger partial charge is 0.466 e. The van der Waals surface area contributed by atoms with Crippen LogP contribution in [0.25, 0.3) is 0 Å². The van der Waals surface area contributed by atoms with Crippen molar-refractivity contribution < 1.29 is 9.53 Å². The molecule has 0 saturated carbocycles. The van der Waals surface area contributed by atoms with Crippen molar-refractivity contribution in [3.63, 3.8) is 0 Å². The van der Waals surface area contributed by atoms with Gasteiger partial charge in [-0.3, -0.25) is 4.79 Å². The molecule has 0 bridgehead atoms. The molecule has 0 aliphatic heterocycles. The Balaban J connectivity index is 3.31. The van der Waals surface area contributed by atoms with Crippen LogP contribution < -0.4 is 0 Å². The van der Waals surface area contributed by atoms with Crippen LogP contribution >= 0.6 is 0 Å². The highest BCUT2D eigenvalue weighted by Gasteiger charge is 1.89. The number of carbonyl (C=O) groups excluding carboxylic acids is 1. The highest BCUT2D eigenvalue weighted by molar-refractivity contribution is 5.65. The number of hydrogen-bond donors (Lipinski definition) is 0. The molecule has 0 unspecified atom stereocenters. The Bertz CT molecular complexity index is 224. The lowest BCUT2D eigenvalue weighted by molar-refractivity contribution is -0.141. The van der Waals surface area contributed by atoms with E-state index in [1.165, 1.54) is 6.92 Å². The highest BCUT2D eigenvalue weighted by Crippen LogP contribution is 1.93. The van der Waals surface area contributed by atoms with Gasteiger partial charge in [-0.1, -0.05) is 36.5 Å². The minimum atomic E-state index is -0.207. The Labute approximate surface area is 86.0 Å². The molecule has 0 amide bonds. The zero-order chi connectivity index (χ0) is 10.6. The van der Waals surface area contributed by atoms with Crippen LogP contribution in [-0.2, 0) is 9.53 Å². The molecule has 2 heteroatoms. The van der Waals surface area contributed by atoms with Crippen molar-refractivity contribution in [3.05, 3.63) is 36.5 Å². The first-order valence-electron chi connectivity index (χ1n) is 4.85. The average Bonchev–Trinajstić information content (AvgIpc) is 2.15. The topological polar surface area (TPSA) is 26.3 Å². The smallest absolute Gasteiger partial charge is 0.302 e. The highest BCUT2D eigenvalue weighted by atomic mass is 16.5. The van der Waals surface area contributed by atoms with Crippen LogP contribution in [0.3, 0.4) is 0 Å². The Morgan fingerprint density at radius 1 is 1.21 bits per heavy atom. The van der Waals surface area contributed by atoms with Gasteiger partial charge in [-0.2, -0.15) is 0 Å². The number of allylic oxidation sites excluding steroid dienone is 6. The van der Waals surface area contributed by atoms with Crippen molar-refractivity contribution in [3.8, 4) is 0 Å². The first kappa shape index (κ1) is 12.7. The minimum absolute atomic E-state index is 0.207. The third-order valence-electron chi connectivity index (χ3n) is 1.48. The zero-order valence-electron chi connectivity index (χ0n) is 8.90. The molecule has 14 heavy (non-hydrogen) atoms. The average molecular weight is 194 g/mol. The third-order valence-corrected chi connectivity index (χ3v) is 1.48. The fourth-order valence-corrected chi connectivity index (χ4v) is 0.831. The first-order valence-corrected chi connectivity index (χ1v) is 4.85. The van der Waals surface area contributed by atoms with Crippen molar-refractivity contribution in [2.75, 3.05) is 6.61 Å². The first-order chi connectivity index (χ1) is 6.77. The summed E-state index contributed by atoms with van der Waals surface area (Å²) in [6, 6.07) is 0. The standard InChI is InChI=1S/C12H18O2/c1-3-4-5-6-7-8-9-10-11-14-12(2)13/h3-8H,9-11H2,1-2H3/b4-3+,6-5+,8-7+. The molecular formula is C12H18O2. The lowest BCUT2D eigenvalue weighted by atomic mass is 10.3. The van der Waals surface area contributed by atoms with Gasteiger partial charge < -0.3 is 4.74 Å². The van der Waals surface area contributed by atoms with E-state index in [1.54, 1.807) is 0 Å². The van der Waals surface area contributed by atoms with Gasteiger partial charge in [0.1, 0.15) is 0 Å². The van der Waals surface area contributed by atoms with Crippen molar-refractivity contribution in [1.82, 2.24) is 0 Å². The number of ether oxygens (including phenoxy) is 1. The van der Waals surface area contributed by atoms with E-state index in [4.69, 9.17) is 4.74 Å². The monoisotopic (exact) mass is 194 g/mol. The van der Waals surface area contributed by atoms with Gasteiger partial charge in [0.15, 0.2) is 0 Å². The fraction of sp³-hybridized carbons (Fsp3) is 0.417. The molecule has 0 fully saturated rings. The molecule has 0 aromatic carbocycles. The van der Waals surface area contributed by atoms with Gasteiger partial charge in [-0.05, 0) is 19.8 Å². The second-order valence-corrected chi connectivity index (χ2v) is 2.82. The number of carbonyl (C=O) groups is 1. The minimum Gasteiger partial charge on any atom is -0.466 e. The van der Waals surface area contributed by atoms with Crippen LogP contribution in [0.1, 0.15) is 26.7 Å². The summed E-state index contributed by atoms with van der Waals surface area (Å²) in [6.07, 6.45) is 13.8. The van der Waals surface area contributed by atoms with Crippen molar-refractivity contribution in [2.24, 2.45) is 0 Å². The van der Waals surface area contributed by atoms with E-state index in [0.29, 0.717) is 6.61 Å². The molecule has 2 nitrogen and oxygen atoms in total. The number of esters is 1. The Hall–Kier alpha value is -1.31. The maximum absolute atomic E-state index is 10.4. The predicted molar refractivity (Wildman–Crippen MR) is 59.0 cm³/mol. The van der Waals surface area contributed by atoms with Crippen molar-refractivity contribution >= 4 is 5.97 Å². The van der Waals surface area contributed by atoms with E-state index in [-0.39, 0.29) is 5.97 Å². The second-order valence-electron chi connectivity index (χ2n) is 2.82. The van der Waals surface area contributed by atoms with Gasteiger partial charge in [0, 0.05) is 6.92 Å². The summed E-state index contributed by atoms with van der Waals surface area (Å²) in [5.74, 6) is -0.207. The zero-order valence-corrected chi connectivity index (χ0v) is 8.90. The molecule has 0 radical (unpaired) electrons. The lowest BCUT2D eigenvalue weighted by Crippen LogP contribution is -1.99. The van der Waals surface area contributed by atoms with E-state index >= 15 is 0 Å². The molecule has 78 valence electrons. The van der Waals surface area contributed by atoms with E-state index in [9.17, 15) is 4.79 Å². The molecule has 0 aromatic rings. The van der Waals surface area contributed by atoms with Crippen LogP contribution in [0, 0.1) is 0 Å². The summed E-state index contributed by atoms with van der Waals surface area (Å²) < 4.78 is 4.78. The summed E-state index contributed by atoms with van der Waals surface area (Å²) in [4.78, 5) is 10.4. The molecule has 0 atom stereocenters. The number of hydrogen-bond acceptors (Lipinski definition) is 2. The van der Waals surface area contributed by atoms with Gasteiger partial charge in [0.2, 0.25) is 0 Å². The van der Waals surface area contributed by atoms with Gasteiger partial charge in [-0.15, -0.1) is 0 Å². The summed E-state index contributed by atoms with van der Waals surface area (Å²) in [7, 11) is 0. The maximum Gasteiger partial charge on any atom is 0.302 e. The molecule has 0 rings (SSSR count). The SMILES string of the molecule is C/C=C/C=C/C=C/CCCOC(C)=O. The second kappa shape index (κ2) is 9.78. The van der Waals surface area contributed by atoms with Crippen LogP contribution in [0.4, 0.5) is 0 Å². The molecule has 0 heterocycles. The molecule has 0 spiro atoms. The summed E-state index contributed by atoms with van der Waals surface area (Å²) in [6.45, 7) is 3.92. The summed E-state index contributed by atoms with van der Waals surface area (Å²) >= 11 is 0. The Morgan fingerprint density at radius 2 is 1.93 bits per heavy atom. The Morgan fingerprint density at radius 3 is 2.57 bits per heavy atom. The lowest BCUT2D eigenvalue weighted by Gasteiger charge is -1.97. The molecule has 0 saturated heterocycles. The molecule has 0 N–H and O–H groups in total.